The van der Waals surface area contributed by atoms with Crippen molar-refractivity contribution in [3.63, 3.8) is 0 Å². The van der Waals surface area contributed by atoms with Crippen LogP contribution in [0.15, 0.2) is 40.2 Å². The average Bonchev–Trinajstić information content (AvgIpc) is 3.05. The second-order valence-corrected chi connectivity index (χ2v) is 8.52. The number of aryl methyl sites for hydroxylation is 2. The highest BCUT2D eigenvalue weighted by molar-refractivity contribution is 6.35. The maximum atomic E-state index is 12.7. The summed E-state index contributed by atoms with van der Waals surface area (Å²) in [5.74, 6) is -0.501. The number of hydrogen-bond donors (Lipinski definition) is 1. The summed E-state index contributed by atoms with van der Waals surface area (Å²) in [5, 5.41) is 14.4. The van der Waals surface area contributed by atoms with Gasteiger partial charge in [0.1, 0.15) is 18.2 Å². The second-order valence-electron chi connectivity index (χ2n) is 7.67. The minimum atomic E-state index is -0.544. The van der Waals surface area contributed by atoms with Crippen molar-refractivity contribution in [2.24, 2.45) is 5.10 Å². The molecular weight excluding hydrogens is 477 g/mol. The molecule has 34 heavy (non-hydrogen) atoms. The Kier molecular flexibility index (Phi) is 7.94. The molecule has 8 nitrogen and oxygen atoms in total. The fraction of sp³-hybridized carbons (Fsp3) is 0.250. The predicted molar refractivity (Wildman–Crippen MR) is 132 cm³/mol. The highest BCUT2D eigenvalue weighted by atomic mass is 35.5. The summed E-state index contributed by atoms with van der Waals surface area (Å²) in [5.41, 5.74) is 6.24. The van der Waals surface area contributed by atoms with Gasteiger partial charge in [0, 0.05) is 40.3 Å². The van der Waals surface area contributed by atoms with Gasteiger partial charge in [-0.2, -0.15) is 10.4 Å². The first kappa shape index (κ1) is 25.2. The molecule has 1 amide bonds. The first-order valence-corrected chi connectivity index (χ1v) is 11.0. The van der Waals surface area contributed by atoms with Gasteiger partial charge in [-0.1, -0.05) is 23.2 Å². The SMILES string of the molecule is COCc1cc(C)n(CC(=O)N/N=C/c2cc(C)n(-c3ccc(Cl)cc3Cl)c2C)c(=O)c1C#N. The summed E-state index contributed by atoms with van der Waals surface area (Å²) >= 11 is 12.4. The van der Waals surface area contributed by atoms with Crippen molar-refractivity contribution in [2.75, 3.05) is 7.11 Å². The van der Waals surface area contributed by atoms with Gasteiger partial charge in [0.05, 0.1) is 23.5 Å². The fourth-order valence-corrected chi connectivity index (χ4v) is 4.22. The number of ether oxygens (including phenoxy) is 1. The van der Waals surface area contributed by atoms with Crippen molar-refractivity contribution in [2.45, 2.75) is 33.9 Å². The summed E-state index contributed by atoms with van der Waals surface area (Å²) < 4.78 is 8.24. The van der Waals surface area contributed by atoms with Crippen LogP contribution in [0.4, 0.5) is 0 Å². The molecular formula is C24H23Cl2N5O3. The number of halogens is 2. The molecule has 0 bridgehead atoms. The van der Waals surface area contributed by atoms with Gasteiger partial charge in [-0.25, -0.2) is 5.43 Å². The lowest BCUT2D eigenvalue weighted by Crippen LogP contribution is -2.33. The topological polar surface area (TPSA) is 101 Å². The number of amides is 1. The highest BCUT2D eigenvalue weighted by Gasteiger charge is 2.15. The van der Waals surface area contributed by atoms with E-state index in [1.807, 2.05) is 36.6 Å². The maximum Gasteiger partial charge on any atom is 0.269 e. The van der Waals surface area contributed by atoms with Crippen molar-refractivity contribution in [1.29, 1.82) is 5.26 Å². The van der Waals surface area contributed by atoms with Crippen molar-refractivity contribution in [1.82, 2.24) is 14.6 Å². The fourth-order valence-electron chi connectivity index (χ4n) is 3.72. The molecule has 0 saturated carbocycles. The number of rotatable bonds is 7. The Bertz CT molecular complexity index is 1380. The Morgan fingerprint density at radius 1 is 1.21 bits per heavy atom. The molecule has 176 valence electrons. The van der Waals surface area contributed by atoms with E-state index < -0.39 is 11.5 Å². The van der Waals surface area contributed by atoms with Crippen molar-refractivity contribution >= 4 is 35.3 Å². The van der Waals surface area contributed by atoms with Crippen LogP contribution in [-0.4, -0.2) is 28.4 Å². The van der Waals surface area contributed by atoms with Gasteiger partial charge in [0.2, 0.25) is 0 Å². The maximum absolute atomic E-state index is 12.7. The molecule has 0 aliphatic carbocycles. The zero-order chi connectivity index (χ0) is 25.0. The third-order valence-corrected chi connectivity index (χ3v) is 5.85. The zero-order valence-corrected chi connectivity index (χ0v) is 20.7. The molecule has 1 aromatic carbocycles. The van der Waals surface area contributed by atoms with Crippen LogP contribution >= 0.6 is 23.2 Å². The number of nitrogens with zero attached hydrogens (tertiary/aromatic N) is 4. The molecule has 0 spiro atoms. The second kappa shape index (κ2) is 10.7. The predicted octanol–water partition coefficient (Wildman–Crippen LogP) is 4.04. The molecule has 0 atom stereocenters. The first-order chi connectivity index (χ1) is 16.2. The van der Waals surface area contributed by atoms with E-state index in [4.69, 9.17) is 27.9 Å². The smallest absolute Gasteiger partial charge is 0.269 e. The van der Waals surface area contributed by atoms with Crippen LogP contribution in [0.3, 0.4) is 0 Å². The Morgan fingerprint density at radius 3 is 2.59 bits per heavy atom. The summed E-state index contributed by atoms with van der Waals surface area (Å²) in [4.78, 5) is 25.1. The third-order valence-electron chi connectivity index (χ3n) is 5.32. The number of methoxy groups -OCH3 is 1. The molecule has 0 aliphatic heterocycles. The minimum absolute atomic E-state index is 0.0444. The molecule has 2 heterocycles. The number of carbonyl (C=O) groups excluding carboxylic acids is 1. The van der Waals surface area contributed by atoms with E-state index in [0.29, 0.717) is 21.3 Å². The third kappa shape index (κ3) is 5.23. The normalized spacial score (nSPS) is 11.1. The van der Waals surface area contributed by atoms with Gasteiger partial charge >= 0.3 is 0 Å². The summed E-state index contributed by atoms with van der Waals surface area (Å²) in [6.45, 7) is 5.40. The number of carbonyl (C=O) groups is 1. The number of nitrogens with one attached hydrogen (secondary N) is 1. The number of pyridine rings is 1. The summed E-state index contributed by atoms with van der Waals surface area (Å²) in [6.07, 6.45) is 1.53. The molecule has 0 fully saturated rings. The molecule has 0 unspecified atom stereocenters. The van der Waals surface area contributed by atoms with E-state index in [1.165, 1.54) is 17.9 Å². The molecule has 3 rings (SSSR count). The van der Waals surface area contributed by atoms with Crippen LogP contribution in [0.2, 0.25) is 10.0 Å². The number of nitriles is 1. The lowest BCUT2D eigenvalue weighted by molar-refractivity contribution is -0.121. The lowest BCUT2D eigenvalue weighted by atomic mass is 10.1. The van der Waals surface area contributed by atoms with Gasteiger partial charge in [0.15, 0.2) is 0 Å². The molecule has 2 aromatic heterocycles. The standard InChI is InChI=1S/C24H23Cl2N5O3/c1-14-7-18(13-34-4)20(10-27)24(33)30(14)12-23(32)29-28-11-17-8-15(2)31(16(17)3)22-6-5-19(25)9-21(22)26/h5-9,11H,12-13H2,1-4H3,(H,29,32)/b28-11+. The molecule has 10 heteroatoms. The van der Waals surface area contributed by atoms with Crippen LogP contribution in [0, 0.1) is 32.1 Å². The number of hydrogen-bond acceptors (Lipinski definition) is 5. The Morgan fingerprint density at radius 2 is 1.94 bits per heavy atom. The molecule has 0 aliphatic rings. The van der Waals surface area contributed by atoms with Crippen LogP contribution < -0.4 is 11.0 Å². The molecule has 3 aromatic rings. The van der Waals surface area contributed by atoms with Crippen molar-refractivity contribution < 1.29 is 9.53 Å². The van der Waals surface area contributed by atoms with Gasteiger partial charge in [-0.05, 0) is 51.1 Å². The van der Waals surface area contributed by atoms with Crippen LogP contribution in [-0.2, 0) is 22.7 Å². The Balaban J connectivity index is 1.78. The van der Waals surface area contributed by atoms with E-state index in [2.05, 4.69) is 10.5 Å². The number of hydrazone groups is 1. The number of benzene rings is 1. The molecule has 0 saturated heterocycles. The van der Waals surface area contributed by atoms with Gasteiger partial charge in [0.25, 0.3) is 11.5 Å². The van der Waals surface area contributed by atoms with Crippen molar-refractivity contribution in [3.8, 4) is 11.8 Å². The minimum Gasteiger partial charge on any atom is -0.380 e. The van der Waals surface area contributed by atoms with E-state index >= 15 is 0 Å². The number of aromatic nitrogens is 2. The largest absolute Gasteiger partial charge is 0.380 e. The zero-order valence-electron chi connectivity index (χ0n) is 19.1. The van der Waals surface area contributed by atoms with Crippen LogP contribution in [0.1, 0.15) is 33.8 Å². The lowest BCUT2D eigenvalue weighted by Gasteiger charge is -2.12. The van der Waals surface area contributed by atoms with E-state index in [1.54, 1.807) is 25.1 Å². The van der Waals surface area contributed by atoms with Crippen molar-refractivity contribution in [3.05, 3.63) is 84.5 Å². The highest BCUT2D eigenvalue weighted by Crippen LogP contribution is 2.28. The molecule has 0 radical (unpaired) electrons. The quantitative estimate of drug-likeness (QED) is 0.391. The monoisotopic (exact) mass is 499 g/mol. The molecule has 1 N–H and O–H groups in total. The summed E-state index contributed by atoms with van der Waals surface area (Å²) in [6, 6.07) is 10.7. The van der Waals surface area contributed by atoms with E-state index in [0.717, 1.165) is 22.6 Å². The van der Waals surface area contributed by atoms with Gasteiger partial charge < -0.3 is 13.9 Å². The summed E-state index contributed by atoms with van der Waals surface area (Å²) in [7, 11) is 1.48. The Labute approximate surface area is 207 Å². The van der Waals surface area contributed by atoms with E-state index in [-0.39, 0.29) is 18.7 Å². The Hall–Kier alpha value is -3.38. The van der Waals surface area contributed by atoms with Crippen LogP contribution in [0.5, 0.6) is 0 Å². The van der Waals surface area contributed by atoms with E-state index in [9.17, 15) is 14.9 Å². The van der Waals surface area contributed by atoms with Crippen LogP contribution in [0.25, 0.3) is 5.69 Å². The van der Waals surface area contributed by atoms with Gasteiger partial charge in [-0.3, -0.25) is 9.59 Å². The van der Waals surface area contributed by atoms with Gasteiger partial charge in [-0.15, -0.1) is 0 Å². The first-order valence-electron chi connectivity index (χ1n) is 10.3. The average molecular weight is 500 g/mol.